The molecular weight excluding hydrogens is 346 g/mol. The first-order valence-electron chi connectivity index (χ1n) is 9.63. The van der Waals surface area contributed by atoms with Gasteiger partial charge in [0.1, 0.15) is 11.6 Å². The SMILES string of the molecule is CC(C)[C@H](NCc1cnc(-c2ccccc2)[nH]1)c1cnc(-c2ccccc2)[nH]1. The van der Waals surface area contributed by atoms with Crippen LogP contribution >= 0.6 is 0 Å². The molecule has 3 N–H and O–H groups in total. The topological polar surface area (TPSA) is 69.4 Å². The zero-order chi connectivity index (χ0) is 19.3. The van der Waals surface area contributed by atoms with Gasteiger partial charge < -0.3 is 15.3 Å². The van der Waals surface area contributed by atoms with Crippen LogP contribution in [0.25, 0.3) is 22.8 Å². The van der Waals surface area contributed by atoms with Gasteiger partial charge in [-0.15, -0.1) is 0 Å². The summed E-state index contributed by atoms with van der Waals surface area (Å²) >= 11 is 0. The van der Waals surface area contributed by atoms with Crippen LogP contribution in [0.3, 0.4) is 0 Å². The van der Waals surface area contributed by atoms with E-state index in [2.05, 4.69) is 63.4 Å². The van der Waals surface area contributed by atoms with Gasteiger partial charge in [0.2, 0.25) is 0 Å². The molecule has 0 aliphatic rings. The summed E-state index contributed by atoms with van der Waals surface area (Å²) in [6.07, 6.45) is 3.83. The van der Waals surface area contributed by atoms with E-state index in [9.17, 15) is 0 Å². The smallest absolute Gasteiger partial charge is 0.137 e. The molecule has 0 aliphatic heterocycles. The summed E-state index contributed by atoms with van der Waals surface area (Å²) in [5.41, 5.74) is 4.34. The van der Waals surface area contributed by atoms with Crippen LogP contribution in [0.4, 0.5) is 0 Å². The molecule has 0 radical (unpaired) electrons. The maximum absolute atomic E-state index is 4.57. The molecule has 0 fully saturated rings. The molecule has 5 heteroatoms. The van der Waals surface area contributed by atoms with E-state index in [4.69, 9.17) is 0 Å². The zero-order valence-corrected chi connectivity index (χ0v) is 16.2. The summed E-state index contributed by atoms with van der Waals surface area (Å²) in [6.45, 7) is 5.13. The van der Waals surface area contributed by atoms with E-state index < -0.39 is 0 Å². The van der Waals surface area contributed by atoms with Gasteiger partial charge >= 0.3 is 0 Å². The van der Waals surface area contributed by atoms with Crippen molar-refractivity contribution >= 4 is 0 Å². The Kier molecular flexibility index (Phi) is 5.35. The number of imidazole rings is 2. The van der Waals surface area contributed by atoms with Crippen molar-refractivity contribution in [1.82, 2.24) is 25.3 Å². The Morgan fingerprint density at radius 1 is 0.786 bits per heavy atom. The minimum absolute atomic E-state index is 0.174. The van der Waals surface area contributed by atoms with Crippen molar-refractivity contribution in [3.63, 3.8) is 0 Å². The van der Waals surface area contributed by atoms with Gasteiger partial charge in [-0.1, -0.05) is 74.5 Å². The maximum Gasteiger partial charge on any atom is 0.137 e. The van der Waals surface area contributed by atoms with E-state index in [1.54, 1.807) is 0 Å². The first-order chi connectivity index (χ1) is 13.7. The molecule has 0 bridgehead atoms. The van der Waals surface area contributed by atoms with E-state index in [1.807, 2.05) is 48.8 Å². The predicted molar refractivity (Wildman–Crippen MR) is 112 cm³/mol. The lowest BCUT2D eigenvalue weighted by atomic mass is 10.0. The van der Waals surface area contributed by atoms with Crippen molar-refractivity contribution in [2.24, 2.45) is 5.92 Å². The molecular formula is C23H25N5. The third kappa shape index (κ3) is 4.05. The molecule has 142 valence electrons. The van der Waals surface area contributed by atoms with Gasteiger partial charge in [-0.2, -0.15) is 0 Å². The van der Waals surface area contributed by atoms with E-state index in [-0.39, 0.29) is 6.04 Å². The molecule has 2 heterocycles. The molecule has 4 rings (SSSR count). The first-order valence-corrected chi connectivity index (χ1v) is 9.63. The minimum Gasteiger partial charge on any atom is -0.341 e. The monoisotopic (exact) mass is 371 g/mol. The van der Waals surface area contributed by atoms with Gasteiger partial charge in [-0.3, -0.25) is 0 Å². The fourth-order valence-corrected chi connectivity index (χ4v) is 3.35. The lowest BCUT2D eigenvalue weighted by Gasteiger charge is -2.20. The Morgan fingerprint density at radius 2 is 1.36 bits per heavy atom. The largest absolute Gasteiger partial charge is 0.341 e. The van der Waals surface area contributed by atoms with Gasteiger partial charge in [-0.25, -0.2) is 9.97 Å². The maximum atomic E-state index is 4.57. The first kappa shape index (κ1) is 18.2. The van der Waals surface area contributed by atoms with E-state index in [1.165, 1.54) is 0 Å². The number of H-pyrrole nitrogens is 2. The summed E-state index contributed by atoms with van der Waals surface area (Å²) in [6, 6.07) is 20.5. The van der Waals surface area contributed by atoms with Crippen LogP contribution in [-0.2, 0) is 6.54 Å². The second-order valence-electron chi connectivity index (χ2n) is 7.28. The summed E-state index contributed by atoms with van der Waals surface area (Å²) < 4.78 is 0. The molecule has 0 spiro atoms. The van der Waals surface area contributed by atoms with Gasteiger partial charge in [0.25, 0.3) is 0 Å². The minimum atomic E-state index is 0.174. The lowest BCUT2D eigenvalue weighted by Crippen LogP contribution is -2.25. The Morgan fingerprint density at radius 3 is 1.96 bits per heavy atom. The van der Waals surface area contributed by atoms with Crippen LogP contribution in [0.5, 0.6) is 0 Å². The van der Waals surface area contributed by atoms with Crippen LogP contribution in [0, 0.1) is 5.92 Å². The van der Waals surface area contributed by atoms with Gasteiger partial charge in [-0.05, 0) is 5.92 Å². The molecule has 0 unspecified atom stereocenters. The van der Waals surface area contributed by atoms with Crippen molar-refractivity contribution in [3.8, 4) is 22.8 Å². The Labute approximate surface area is 165 Å². The number of rotatable bonds is 7. The standard InChI is InChI=1S/C23H25N5/c1-16(2)21(20-15-26-23(28-20)18-11-7-4-8-12-18)24-13-19-14-25-22(27-19)17-9-5-3-6-10-17/h3-12,14-16,21,24H,13H2,1-2H3,(H,25,27)(H,26,28)/t21-/m0/s1. The molecule has 0 saturated heterocycles. The molecule has 5 nitrogen and oxygen atoms in total. The third-order valence-corrected chi connectivity index (χ3v) is 4.83. The fraction of sp³-hybridized carbons (Fsp3) is 0.217. The number of aromatic amines is 2. The molecule has 1 atom stereocenters. The van der Waals surface area contributed by atoms with Crippen LogP contribution in [-0.4, -0.2) is 19.9 Å². The average molecular weight is 371 g/mol. The van der Waals surface area contributed by atoms with Gasteiger partial charge in [0.15, 0.2) is 0 Å². The Balaban J connectivity index is 1.47. The highest BCUT2D eigenvalue weighted by molar-refractivity contribution is 5.55. The highest BCUT2D eigenvalue weighted by Gasteiger charge is 2.18. The number of hydrogen-bond acceptors (Lipinski definition) is 3. The Hall–Kier alpha value is -3.18. The summed E-state index contributed by atoms with van der Waals surface area (Å²) in [7, 11) is 0. The second-order valence-corrected chi connectivity index (χ2v) is 7.28. The molecule has 2 aromatic heterocycles. The fourth-order valence-electron chi connectivity index (χ4n) is 3.35. The summed E-state index contributed by atoms with van der Waals surface area (Å²) in [5, 5.41) is 3.64. The molecule has 2 aromatic carbocycles. The summed E-state index contributed by atoms with van der Waals surface area (Å²) in [4.78, 5) is 16.0. The van der Waals surface area contributed by atoms with E-state index in [0.717, 1.165) is 34.2 Å². The molecule has 4 aromatic rings. The van der Waals surface area contributed by atoms with E-state index in [0.29, 0.717) is 12.5 Å². The molecule has 0 aliphatic carbocycles. The molecule has 0 saturated carbocycles. The molecule has 0 amide bonds. The number of nitrogens with one attached hydrogen (secondary N) is 3. The molecule has 28 heavy (non-hydrogen) atoms. The number of benzene rings is 2. The highest BCUT2D eigenvalue weighted by Crippen LogP contribution is 2.24. The van der Waals surface area contributed by atoms with Crippen molar-refractivity contribution in [1.29, 1.82) is 0 Å². The van der Waals surface area contributed by atoms with Gasteiger partial charge in [0.05, 0.1) is 17.9 Å². The van der Waals surface area contributed by atoms with Gasteiger partial charge in [0, 0.05) is 29.6 Å². The van der Waals surface area contributed by atoms with Crippen molar-refractivity contribution in [3.05, 3.63) is 84.4 Å². The quantitative estimate of drug-likeness (QED) is 0.430. The van der Waals surface area contributed by atoms with Crippen LogP contribution < -0.4 is 5.32 Å². The van der Waals surface area contributed by atoms with Crippen molar-refractivity contribution in [2.45, 2.75) is 26.4 Å². The van der Waals surface area contributed by atoms with Crippen molar-refractivity contribution in [2.75, 3.05) is 0 Å². The summed E-state index contributed by atoms with van der Waals surface area (Å²) in [5.74, 6) is 2.21. The van der Waals surface area contributed by atoms with Crippen molar-refractivity contribution < 1.29 is 0 Å². The highest BCUT2D eigenvalue weighted by atomic mass is 15.0. The number of hydrogen-bond donors (Lipinski definition) is 3. The van der Waals surface area contributed by atoms with Crippen LogP contribution in [0.15, 0.2) is 73.1 Å². The third-order valence-electron chi connectivity index (χ3n) is 4.83. The zero-order valence-electron chi connectivity index (χ0n) is 16.2. The van der Waals surface area contributed by atoms with Crippen LogP contribution in [0.2, 0.25) is 0 Å². The van der Waals surface area contributed by atoms with E-state index >= 15 is 0 Å². The predicted octanol–water partition coefficient (Wildman–Crippen LogP) is 4.95. The second kappa shape index (κ2) is 8.23. The van der Waals surface area contributed by atoms with Crippen LogP contribution in [0.1, 0.15) is 31.3 Å². The Bertz CT molecular complexity index is 1000. The average Bonchev–Trinajstić information content (AvgIpc) is 3.39. The normalized spacial score (nSPS) is 12.4. The number of nitrogens with zero attached hydrogens (tertiary/aromatic N) is 2. The number of aromatic nitrogens is 4. The lowest BCUT2D eigenvalue weighted by molar-refractivity contribution is 0.402.